The molecule has 3 aliphatic rings. The summed E-state index contributed by atoms with van der Waals surface area (Å²) in [6, 6.07) is 11.6. The standard InChI is InChI=1S/C31H40N4O4/c1-21-8-3-4-9-24(21)28(23-12-13-27(39-2)32-20-23)33-29(36)22-14-18-34(19-15-22)16-7-17-35-30(37)25-10-5-6-11-26(25)31(35)38/h3-4,8-9,12-13,20,22,25-26,28H,5-7,10-11,14-19H2,1-2H3,(H,33,36). The largest absolute Gasteiger partial charge is 0.481 e. The summed E-state index contributed by atoms with van der Waals surface area (Å²) < 4.78 is 5.22. The van der Waals surface area contributed by atoms with E-state index in [9.17, 15) is 14.4 Å². The van der Waals surface area contributed by atoms with E-state index in [4.69, 9.17) is 4.74 Å². The van der Waals surface area contributed by atoms with Gasteiger partial charge in [0, 0.05) is 24.7 Å². The monoisotopic (exact) mass is 532 g/mol. The number of pyridine rings is 1. The molecule has 2 saturated heterocycles. The first-order valence-corrected chi connectivity index (χ1v) is 14.4. The second-order valence-electron chi connectivity index (χ2n) is 11.2. The van der Waals surface area contributed by atoms with Crippen LogP contribution in [0.4, 0.5) is 0 Å². The second kappa shape index (κ2) is 12.3. The van der Waals surface area contributed by atoms with Crippen molar-refractivity contribution in [1.82, 2.24) is 20.1 Å². The normalized spacial score (nSPS) is 23.0. The summed E-state index contributed by atoms with van der Waals surface area (Å²) in [6.07, 6.45) is 7.97. The number of imide groups is 1. The Morgan fingerprint density at radius 3 is 2.31 bits per heavy atom. The quantitative estimate of drug-likeness (QED) is 0.493. The van der Waals surface area contributed by atoms with Crippen molar-refractivity contribution < 1.29 is 19.1 Å². The van der Waals surface area contributed by atoms with Gasteiger partial charge in [0.1, 0.15) is 0 Å². The fraction of sp³-hybridized carbons (Fsp3) is 0.548. The number of rotatable bonds is 9. The molecule has 3 amide bonds. The van der Waals surface area contributed by atoms with E-state index in [1.807, 2.05) is 24.3 Å². The van der Waals surface area contributed by atoms with Crippen LogP contribution < -0.4 is 10.1 Å². The van der Waals surface area contributed by atoms with Gasteiger partial charge >= 0.3 is 0 Å². The van der Waals surface area contributed by atoms with E-state index in [0.29, 0.717) is 12.4 Å². The van der Waals surface area contributed by atoms with E-state index in [1.165, 1.54) is 4.90 Å². The molecule has 3 fully saturated rings. The Labute approximate surface area is 231 Å². The fourth-order valence-corrected chi connectivity index (χ4v) is 6.52. The van der Waals surface area contributed by atoms with Gasteiger partial charge in [-0.15, -0.1) is 0 Å². The van der Waals surface area contributed by atoms with Crippen LogP contribution >= 0.6 is 0 Å². The summed E-state index contributed by atoms with van der Waals surface area (Å²) in [5, 5.41) is 3.31. The lowest BCUT2D eigenvalue weighted by atomic mass is 9.81. The molecule has 5 rings (SSSR count). The van der Waals surface area contributed by atoms with Crippen LogP contribution in [0.5, 0.6) is 5.88 Å². The van der Waals surface area contributed by atoms with Crippen molar-refractivity contribution in [2.24, 2.45) is 17.8 Å². The average Bonchev–Trinajstić information content (AvgIpc) is 3.21. The SMILES string of the molecule is COc1ccc(C(NC(=O)C2CCN(CCCN3C(=O)C4CCCCC4C3=O)CC2)c2ccccc2C)cn1. The van der Waals surface area contributed by atoms with Crippen LogP contribution in [0.1, 0.15) is 67.7 Å². The number of fused-ring (bicyclic) bond motifs is 1. The predicted octanol–water partition coefficient (Wildman–Crippen LogP) is 3.88. The van der Waals surface area contributed by atoms with E-state index in [0.717, 1.165) is 81.3 Å². The first kappa shape index (κ1) is 27.3. The Morgan fingerprint density at radius 1 is 1.00 bits per heavy atom. The third-order valence-corrected chi connectivity index (χ3v) is 8.83. The van der Waals surface area contributed by atoms with Gasteiger partial charge < -0.3 is 15.0 Å². The maximum absolute atomic E-state index is 13.4. The third-order valence-electron chi connectivity index (χ3n) is 8.83. The summed E-state index contributed by atoms with van der Waals surface area (Å²) in [5.41, 5.74) is 3.09. The summed E-state index contributed by atoms with van der Waals surface area (Å²) >= 11 is 0. The average molecular weight is 533 g/mol. The molecule has 3 atom stereocenters. The number of hydrogen-bond acceptors (Lipinski definition) is 6. The van der Waals surface area contributed by atoms with Gasteiger partial charge in [-0.2, -0.15) is 0 Å². The number of aryl methyl sites for hydroxylation is 1. The Bertz CT molecular complexity index is 1150. The molecule has 1 aromatic heterocycles. The molecule has 1 N–H and O–H groups in total. The zero-order chi connectivity index (χ0) is 27.4. The van der Waals surface area contributed by atoms with Crippen LogP contribution in [-0.4, -0.2) is 65.8 Å². The highest BCUT2D eigenvalue weighted by atomic mass is 16.5. The lowest BCUT2D eigenvalue weighted by molar-refractivity contribution is -0.140. The zero-order valence-electron chi connectivity index (χ0n) is 23.1. The molecule has 39 heavy (non-hydrogen) atoms. The number of aromatic nitrogens is 1. The number of methoxy groups -OCH3 is 1. The maximum atomic E-state index is 13.4. The van der Waals surface area contributed by atoms with E-state index >= 15 is 0 Å². The Kier molecular flexibility index (Phi) is 8.60. The molecule has 8 heteroatoms. The van der Waals surface area contributed by atoms with Crippen molar-refractivity contribution in [3.05, 3.63) is 59.3 Å². The zero-order valence-corrected chi connectivity index (χ0v) is 23.1. The van der Waals surface area contributed by atoms with Crippen molar-refractivity contribution in [1.29, 1.82) is 0 Å². The topological polar surface area (TPSA) is 91.8 Å². The highest BCUT2D eigenvalue weighted by molar-refractivity contribution is 6.05. The van der Waals surface area contributed by atoms with E-state index in [-0.39, 0.29) is 41.5 Å². The molecule has 8 nitrogen and oxygen atoms in total. The summed E-state index contributed by atoms with van der Waals surface area (Å²) in [7, 11) is 1.59. The highest BCUT2D eigenvalue weighted by Crippen LogP contribution is 2.38. The lowest BCUT2D eigenvalue weighted by Crippen LogP contribution is -2.42. The number of carbonyl (C=O) groups is 3. The van der Waals surface area contributed by atoms with Crippen molar-refractivity contribution in [3.8, 4) is 5.88 Å². The van der Waals surface area contributed by atoms with E-state index in [2.05, 4.69) is 34.3 Å². The molecule has 3 heterocycles. The molecular weight excluding hydrogens is 492 g/mol. The molecule has 2 aliphatic heterocycles. The molecule has 1 aliphatic carbocycles. The number of carbonyl (C=O) groups excluding carboxylic acids is 3. The minimum absolute atomic E-state index is 0.0512. The van der Waals surface area contributed by atoms with Gasteiger partial charge in [0.15, 0.2) is 0 Å². The summed E-state index contributed by atoms with van der Waals surface area (Å²) in [4.78, 5) is 47.1. The molecule has 0 bridgehead atoms. The first-order chi connectivity index (χ1) is 19.0. The predicted molar refractivity (Wildman–Crippen MR) is 148 cm³/mol. The smallest absolute Gasteiger partial charge is 0.233 e. The Balaban J connectivity index is 1.13. The van der Waals surface area contributed by atoms with Crippen LogP contribution in [0, 0.1) is 24.7 Å². The van der Waals surface area contributed by atoms with Gasteiger partial charge in [-0.05, 0) is 81.4 Å². The minimum Gasteiger partial charge on any atom is -0.481 e. The molecule has 1 aromatic carbocycles. The summed E-state index contributed by atoms with van der Waals surface area (Å²) in [5.74, 6) is 0.511. The number of hydrogen-bond donors (Lipinski definition) is 1. The Hall–Kier alpha value is -3.26. The van der Waals surface area contributed by atoms with Gasteiger partial charge in [-0.3, -0.25) is 19.3 Å². The van der Waals surface area contributed by atoms with Crippen LogP contribution in [0.3, 0.4) is 0 Å². The molecule has 0 radical (unpaired) electrons. The lowest BCUT2D eigenvalue weighted by Gasteiger charge is -2.32. The van der Waals surface area contributed by atoms with Gasteiger partial charge in [-0.25, -0.2) is 4.98 Å². The molecule has 2 aromatic rings. The Morgan fingerprint density at radius 2 is 1.69 bits per heavy atom. The van der Waals surface area contributed by atoms with Crippen LogP contribution in [-0.2, 0) is 14.4 Å². The molecule has 3 unspecified atom stereocenters. The summed E-state index contributed by atoms with van der Waals surface area (Å²) in [6.45, 7) is 5.08. The number of nitrogens with zero attached hydrogens (tertiary/aromatic N) is 3. The van der Waals surface area contributed by atoms with Crippen molar-refractivity contribution >= 4 is 17.7 Å². The third kappa shape index (κ3) is 6.01. The molecular formula is C31H40N4O4. The minimum atomic E-state index is -0.283. The van der Waals surface area contributed by atoms with Gasteiger partial charge in [0.25, 0.3) is 0 Å². The molecule has 208 valence electrons. The van der Waals surface area contributed by atoms with E-state index in [1.54, 1.807) is 13.3 Å². The van der Waals surface area contributed by atoms with Gasteiger partial charge in [0.05, 0.1) is 25.0 Å². The number of likely N-dealkylation sites (tertiary alicyclic amines) is 2. The molecule has 0 spiro atoms. The number of ether oxygens (including phenoxy) is 1. The van der Waals surface area contributed by atoms with Crippen LogP contribution in [0.15, 0.2) is 42.6 Å². The number of piperidine rings is 1. The number of nitrogens with one attached hydrogen (secondary N) is 1. The van der Waals surface area contributed by atoms with Crippen molar-refractivity contribution in [2.75, 3.05) is 33.3 Å². The van der Waals surface area contributed by atoms with Gasteiger partial charge in [0.2, 0.25) is 23.6 Å². The first-order valence-electron chi connectivity index (χ1n) is 14.4. The molecule has 1 saturated carbocycles. The van der Waals surface area contributed by atoms with Crippen molar-refractivity contribution in [2.45, 2.75) is 57.9 Å². The van der Waals surface area contributed by atoms with Crippen LogP contribution in [0.2, 0.25) is 0 Å². The number of amides is 3. The van der Waals surface area contributed by atoms with E-state index < -0.39 is 0 Å². The number of benzene rings is 1. The maximum Gasteiger partial charge on any atom is 0.233 e. The van der Waals surface area contributed by atoms with Crippen molar-refractivity contribution in [3.63, 3.8) is 0 Å². The fourth-order valence-electron chi connectivity index (χ4n) is 6.52. The second-order valence-corrected chi connectivity index (χ2v) is 11.2. The highest BCUT2D eigenvalue weighted by Gasteiger charge is 2.47. The van der Waals surface area contributed by atoms with Crippen LogP contribution in [0.25, 0.3) is 0 Å². The van der Waals surface area contributed by atoms with Gasteiger partial charge in [-0.1, -0.05) is 37.1 Å².